The summed E-state index contributed by atoms with van der Waals surface area (Å²) in [5.41, 5.74) is 2.19. The molecule has 3 rings (SSSR count). The molecule has 0 spiro atoms. The molecule has 3 atom stereocenters. The molecule has 0 bridgehead atoms. The molecule has 1 amide bonds. The summed E-state index contributed by atoms with van der Waals surface area (Å²) < 4.78 is 0. The number of aliphatic hydroxyl groups excluding tert-OH is 1. The molecule has 3 unspecified atom stereocenters. The maximum absolute atomic E-state index is 11.5. The first-order valence-corrected chi connectivity index (χ1v) is 7.44. The number of benzene rings is 1. The van der Waals surface area contributed by atoms with Gasteiger partial charge in [0.15, 0.2) is 6.10 Å². The average molecular weight is 295 g/mol. The lowest BCUT2D eigenvalue weighted by Gasteiger charge is -2.39. The summed E-state index contributed by atoms with van der Waals surface area (Å²) in [6, 6.07) is 4.02. The van der Waals surface area contributed by atoms with Crippen LogP contribution in [-0.4, -0.2) is 23.6 Å². The number of carbonyl (C=O) groups is 1. The van der Waals surface area contributed by atoms with Crippen molar-refractivity contribution in [2.75, 3.05) is 16.8 Å². The van der Waals surface area contributed by atoms with E-state index in [9.17, 15) is 9.90 Å². The minimum atomic E-state index is -1.10. The van der Waals surface area contributed by atoms with Crippen molar-refractivity contribution in [2.24, 2.45) is 5.92 Å². The Labute approximate surface area is 123 Å². The summed E-state index contributed by atoms with van der Waals surface area (Å²) >= 11 is 6.36. The van der Waals surface area contributed by atoms with Gasteiger partial charge in [-0.15, -0.1) is 0 Å². The minimum absolute atomic E-state index is 0.381. The van der Waals surface area contributed by atoms with Gasteiger partial charge >= 0.3 is 0 Å². The Morgan fingerprint density at radius 2 is 2.15 bits per heavy atom. The van der Waals surface area contributed by atoms with Crippen LogP contribution in [-0.2, 0) is 4.79 Å². The monoisotopic (exact) mass is 294 g/mol. The number of carbonyl (C=O) groups excluding carboxylic acids is 1. The molecule has 108 valence electrons. The van der Waals surface area contributed by atoms with Crippen molar-refractivity contribution in [3.8, 4) is 0 Å². The van der Waals surface area contributed by atoms with Gasteiger partial charge in [-0.05, 0) is 37.8 Å². The van der Waals surface area contributed by atoms with Crippen LogP contribution < -0.4 is 10.2 Å². The highest BCUT2D eigenvalue weighted by Gasteiger charge is 2.31. The Balaban J connectivity index is 1.96. The van der Waals surface area contributed by atoms with E-state index in [2.05, 4.69) is 24.1 Å². The fourth-order valence-electron chi connectivity index (χ4n) is 3.24. The lowest BCUT2D eigenvalue weighted by molar-refractivity contribution is -0.123. The topological polar surface area (TPSA) is 52.6 Å². The molecule has 1 aromatic carbocycles. The summed E-state index contributed by atoms with van der Waals surface area (Å²) in [7, 11) is 0. The normalized spacial score (nSPS) is 29.3. The second-order valence-corrected chi connectivity index (χ2v) is 6.36. The van der Waals surface area contributed by atoms with Crippen LogP contribution in [0.3, 0.4) is 0 Å². The molecule has 2 N–H and O–H groups in total. The van der Waals surface area contributed by atoms with Gasteiger partial charge in [0, 0.05) is 23.8 Å². The first-order valence-electron chi connectivity index (χ1n) is 7.06. The Kier molecular flexibility index (Phi) is 3.38. The van der Waals surface area contributed by atoms with Crippen LogP contribution in [0.4, 0.5) is 11.4 Å². The predicted octanol–water partition coefficient (Wildman–Crippen LogP) is 2.95. The lowest BCUT2D eigenvalue weighted by atomic mass is 9.92. The first-order chi connectivity index (χ1) is 9.47. The molecular formula is C15H19ClN2O2. The third-order valence-corrected chi connectivity index (χ3v) is 4.67. The van der Waals surface area contributed by atoms with Crippen molar-refractivity contribution >= 4 is 28.9 Å². The first kappa shape index (κ1) is 13.7. The van der Waals surface area contributed by atoms with E-state index in [0.29, 0.717) is 22.3 Å². The molecule has 4 nitrogen and oxygen atoms in total. The maximum Gasteiger partial charge on any atom is 0.257 e. The third-order valence-electron chi connectivity index (χ3n) is 4.37. The highest BCUT2D eigenvalue weighted by molar-refractivity contribution is 6.33. The lowest BCUT2D eigenvalue weighted by Crippen LogP contribution is -2.40. The van der Waals surface area contributed by atoms with Gasteiger partial charge < -0.3 is 15.3 Å². The molecule has 0 aromatic heterocycles. The van der Waals surface area contributed by atoms with E-state index in [0.717, 1.165) is 31.0 Å². The van der Waals surface area contributed by atoms with Gasteiger partial charge in [-0.2, -0.15) is 0 Å². The zero-order valence-electron chi connectivity index (χ0n) is 11.7. The highest BCUT2D eigenvalue weighted by Crippen LogP contribution is 2.40. The van der Waals surface area contributed by atoms with E-state index in [1.165, 1.54) is 0 Å². The Bertz CT molecular complexity index is 561. The number of aliphatic hydroxyl groups is 1. The Morgan fingerprint density at radius 1 is 1.40 bits per heavy atom. The zero-order chi connectivity index (χ0) is 14.4. The van der Waals surface area contributed by atoms with Crippen LogP contribution in [0.5, 0.6) is 0 Å². The molecule has 5 heteroatoms. The van der Waals surface area contributed by atoms with Crippen LogP contribution in [0.2, 0.25) is 5.02 Å². The van der Waals surface area contributed by atoms with Crippen molar-refractivity contribution < 1.29 is 9.90 Å². The molecule has 20 heavy (non-hydrogen) atoms. The van der Waals surface area contributed by atoms with Crippen LogP contribution in [0.25, 0.3) is 0 Å². The second kappa shape index (κ2) is 4.93. The molecular weight excluding hydrogens is 276 g/mol. The SMILES string of the molecule is CC1CCN(c2cc3c(cc2Cl)C(O)C(=O)N3)C(C)C1. The fraction of sp³-hybridized carbons (Fsp3) is 0.533. The molecule has 0 aliphatic carbocycles. The molecule has 0 radical (unpaired) electrons. The summed E-state index contributed by atoms with van der Waals surface area (Å²) in [4.78, 5) is 13.8. The molecule has 2 heterocycles. The zero-order valence-corrected chi connectivity index (χ0v) is 12.4. The van der Waals surface area contributed by atoms with Gasteiger partial charge in [-0.3, -0.25) is 4.79 Å². The molecule has 0 saturated carbocycles. The van der Waals surface area contributed by atoms with Crippen LogP contribution in [0, 0.1) is 5.92 Å². The molecule has 1 fully saturated rings. The number of fused-ring (bicyclic) bond motifs is 1. The van der Waals surface area contributed by atoms with E-state index in [-0.39, 0.29) is 5.91 Å². The van der Waals surface area contributed by atoms with E-state index >= 15 is 0 Å². The van der Waals surface area contributed by atoms with E-state index in [1.807, 2.05) is 6.07 Å². The largest absolute Gasteiger partial charge is 0.378 e. The van der Waals surface area contributed by atoms with Crippen molar-refractivity contribution in [1.29, 1.82) is 0 Å². The average Bonchev–Trinajstić information content (AvgIpc) is 2.65. The quantitative estimate of drug-likeness (QED) is 0.837. The number of rotatable bonds is 1. The van der Waals surface area contributed by atoms with Crippen molar-refractivity contribution in [1.82, 2.24) is 0 Å². The van der Waals surface area contributed by atoms with Crippen molar-refractivity contribution in [3.63, 3.8) is 0 Å². The number of halogens is 1. The van der Waals surface area contributed by atoms with Gasteiger partial charge in [-0.25, -0.2) is 0 Å². The van der Waals surface area contributed by atoms with Gasteiger partial charge in [-0.1, -0.05) is 18.5 Å². The number of nitrogens with zero attached hydrogens (tertiary/aromatic N) is 1. The number of anilines is 2. The standard InChI is InChI=1S/C15H19ClN2O2/c1-8-3-4-18(9(2)5-8)13-7-12-10(6-11(13)16)14(19)15(20)17-12/h6-9,14,19H,3-5H2,1-2H3,(H,17,20). The third kappa shape index (κ3) is 2.17. The minimum Gasteiger partial charge on any atom is -0.378 e. The number of nitrogens with one attached hydrogen (secondary N) is 1. The van der Waals surface area contributed by atoms with Crippen LogP contribution in [0.15, 0.2) is 12.1 Å². The van der Waals surface area contributed by atoms with Crippen molar-refractivity contribution in [2.45, 2.75) is 38.8 Å². The van der Waals surface area contributed by atoms with Gasteiger partial charge in [0.1, 0.15) is 0 Å². The summed E-state index contributed by atoms with van der Waals surface area (Å²) in [6.45, 7) is 5.44. The maximum atomic E-state index is 11.5. The summed E-state index contributed by atoms with van der Waals surface area (Å²) in [6.07, 6.45) is 1.19. The van der Waals surface area contributed by atoms with E-state index in [4.69, 9.17) is 11.6 Å². The van der Waals surface area contributed by atoms with Crippen LogP contribution >= 0.6 is 11.6 Å². The Hall–Kier alpha value is -1.26. The van der Waals surface area contributed by atoms with Crippen molar-refractivity contribution in [3.05, 3.63) is 22.7 Å². The van der Waals surface area contributed by atoms with Gasteiger partial charge in [0.05, 0.1) is 10.7 Å². The summed E-state index contributed by atoms with van der Waals surface area (Å²) in [5, 5.41) is 13.1. The second-order valence-electron chi connectivity index (χ2n) is 5.95. The van der Waals surface area contributed by atoms with E-state index < -0.39 is 6.10 Å². The summed E-state index contributed by atoms with van der Waals surface area (Å²) in [5.74, 6) is 0.351. The number of amides is 1. The molecule has 2 aliphatic rings. The molecule has 2 aliphatic heterocycles. The highest BCUT2D eigenvalue weighted by atomic mass is 35.5. The van der Waals surface area contributed by atoms with E-state index in [1.54, 1.807) is 6.07 Å². The Morgan fingerprint density at radius 3 is 2.85 bits per heavy atom. The molecule has 1 saturated heterocycles. The number of hydrogen-bond acceptors (Lipinski definition) is 3. The smallest absolute Gasteiger partial charge is 0.257 e. The molecule has 1 aromatic rings. The number of hydrogen-bond donors (Lipinski definition) is 2. The van der Waals surface area contributed by atoms with Gasteiger partial charge in [0.2, 0.25) is 0 Å². The number of piperidine rings is 1. The predicted molar refractivity (Wildman–Crippen MR) is 80.2 cm³/mol. The fourth-order valence-corrected chi connectivity index (χ4v) is 3.52. The van der Waals surface area contributed by atoms with Crippen LogP contribution in [0.1, 0.15) is 38.4 Å². The van der Waals surface area contributed by atoms with Gasteiger partial charge in [0.25, 0.3) is 5.91 Å².